The van der Waals surface area contributed by atoms with Gasteiger partial charge in [0.1, 0.15) is 5.82 Å². The molecule has 0 radical (unpaired) electrons. The number of imidazole rings is 1. The summed E-state index contributed by atoms with van der Waals surface area (Å²) in [6, 6.07) is 6.44. The van der Waals surface area contributed by atoms with E-state index in [9.17, 15) is 13.2 Å². The van der Waals surface area contributed by atoms with Gasteiger partial charge in [0.15, 0.2) is 16.4 Å². The van der Waals surface area contributed by atoms with Crippen molar-refractivity contribution in [2.24, 2.45) is 0 Å². The van der Waals surface area contributed by atoms with Gasteiger partial charge in [0.05, 0.1) is 16.7 Å². The van der Waals surface area contributed by atoms with E-state index in [0.29, 0.717) is 22.3 Å². The molecule has 0 amide bonds. The van der Waals surface area contributed by atoms with Crippen LogP contribution in [0.15, 0.2) is 30.3 Å². The summed E-state index contributed by atoms with van der Waals surface area (Å²) in [4.78, 5) is 2.85. The molecule has 0 fully saturated rings. The molecule has 3 rings (SSSR count). The molecule has 1 aromatic heterocycles. The second-order valence-corrected chi connectivity index (χ2v) is 4.87. The zero-order valence-corrected chi connectivity index (χ0v) is 11.2. The predicted molar refractivity (Wildman–Crippen MR) is 73.1 cm³/mol. The van der Waals surface area contributed by atoms with E-state index in [1.165, 1.54) is 12.1 Å². The first kappa shape index (κ1) is 12.9. The smallest absolute Gasteiger partial charge is 0.182 e. The SMILES string of the molecule is Cc1cc2c(cc1F)[nH]c(=S)n2-c1ccc(F)c(F)c1. The minimum atomic E-state index is -0.961. The average Bonchev–Trinajstić information content (AvgIpc) is 2.69. The number of fused-ring (bicyclic) bond motifs is 1. The van der Waals surface area contributed by atoms with E-state index in [1.807, 2.05) is 0 Å². The van der Waals surface area contributed by atoms with E-state index in [1.54, 1.807) is 17.6 Å². The average molecular weight is 294 g/mol. The molecule has 2 nitrogen and oxygen atoms in total. The number of hydrogen-bond acceptors (Lipinski definition) is 1. The van der Waals surface area contributed by atoms with Gasteiger partial charge in [-0.25, -0.2) is 13.2 Å². The molecule has 0 aliphatic rings. The summed E-state index contributed by atoms with van der Waals surface area (Å²) in [7, 11) is 0. The van der Waals surface area contributed by atoms with E-state index in [0.717, 1.165) is 12.1 Å². The fourth-order valence-corrected chi connectivity index (χ4v) is 2.43. The molecule has 0 unspecified atom stereocenters. The van der Waals surface area contributed by atoms with Crippen molar-refractivity contribution in [1.29, 1.82) is 0 Å². The summed E-state index contributed by atoms with van der Waals surface area (Å²) in [5, 5.41) is 0. The molecule has 1 heterocycles. The van der Waals surface area contributed by atoms with Crippen LogP contribution in [0.1, 0.15) is 5.56 Å². The second kappa shape index (κ2) is 4.49. The Morgan fingerprint density at radius 1 is 1.00 bits per heavy atom. The molecule has 1 N–H and O–H groups in total. The minimum Gasteiger partial charge on any atom is -0.330 e. The molecular weight excluding hydrogens is 285 g/mol. The van der Waals surface area contributed by atoms with Crippen molar-refractivity contribution in [1.82, 2.24) is 9.55 Å². The molecule has 0 saturated heterocycles. The van der Waals surface area contributed by atoms with Gasteiger partial charge >= 0.3 is 0 Å². The number of aryl methyl sites for hydroxylation is 1. The van der Waals surface area contributed by atoms with Crippen LogP contribution in [-0.4, -0.2) is 9.55 Å². The summed E-state index contributed by atoms with van der Waals surface area (Å²) in [6.07, 6.45) is 0. The van der Waals surface area contributed by atoms with Gasteiger partial charge in [-0.2, -0.15) is 0 Å². The Hall–Kier alpha value is -2.08. The predicted octanol–water partition coefficient (Wildman–Crippen LogP) is 4.41. The minimum absolute atomic E-state index is 0.288. The van der Waals surface area contributed by atoms with E-state index < -0.39 is 11.6 Å². The largest absolute Gasteiger partial charge is 0.330 e. The Morgan fingerprint density at radius 2 is 1.75 bits per heavy atom. The third kappa shape index (κ3) is 1.92. The number of H-pyrrole nitrogens is 1. The first-order chi connectivity index (χ1) is 9.47. The van der Waals surface area contributed by atoms with Gasteiger partial charge in [0.2, 0.25) is 0 Å². The first-order valence-corrected chi connectivity index (χ1v) is 6.24. The first-order valence-electron chi connectivity index (χ1n) is 5.83. The van der Waals surface area contributed by atoms with Crippen molar-refractivity contribution in [3.8, 4) is 5.69 Å². The lowest BCUT2D eigenvalue weighted by molar-refractivity contribution is 0.508. The number of rotatable bonds is 1. The molecular formula is C14H9F3N2S. The van der Waals surface area contributed by atoms with Crippen LogP contribution in [0.2, 0.25) is 0 Å². The van der Waals surface area contributed by atoms with Crippen LogP contribution >= 0.6 is 12.2 Å². The zero-order valence-electron chi connectivity index (χ0n) is 10.4. The van der Waals surface area contributed by atoms with Crippen LogP contribution < -0.4 is 0 Å². The number of hydrogen-bond donors (Lipinski definition) is 1. The van der Waals surface area contributed by atoms with Gasteiger partial charge in [-0.15, -0.1) is 0 Å². The number of nitrogens with zero attached hydrogens (tertiary/aromatic N) is 1. The molecule has 0 aliphatic heterocycles. The van der Waals surface area contributed by atoms with Crippen LogP contribution in [0.4, 0.5) is 13.2 Å². The van der Waals surface area contributed by atoms with Crippen molar-refractivity contribution in [3.05, 3.63) is 58.1 Å². The highest BCUT2D eigenvalue weighted by atomic mass is 32.1. The van der Waals surface area contributed by atoms with Gasteiger partial charge in [-0.3, -0.25) is 4.57 Å². The fraction of sp³-hybridized carbons (Fsp3) is 0.0714. The number of nitrogens with one attached hydrogen (secondary N) is 1. The van der Waals surface area contributed by atoms with Crippen molar-refractivity contribution < 1.29 is 13.2 Å². The maximum Gasteiger partial charge on any atom is 0.182 e. The van der Waals surface area contributed by atoms with Gasteiger partial charge in [0.25, 0.3) is 0 Å². The summed E-state index contributed by atoms with van der Waals surface area (Å²) in [6.45, 7) is 1.63. The highest BCUT2D eigenvalue weighted by molar-refractivity contribution is 7.71. The molecule has 0 saturated carbocycles. The van der Waals surface area contributed by atoms with Gasteiger partial charge in [-0.1, -0.05) is 0 Å². The number of halogens is 3. The van der Waals surface area contributed by atoms with Crippen LogP contribution in [0, 0.1) is 29.1 Å². The van der Waals surface area contributed by atoms with Gasteiger partial charge < -0.3 is 4.98 Å². The van der Waals surface area contributed by atoms with E-state index in [2.05, 4.69) is 4.98 Å². The molecule has 0 spiro atoms. The lowest BCUT2D eigenvalue weighted by Gasteiger charge is -2.06. The topological polar surface area (TPSA) is 20.7 Å². The maximum absolute atomic E-state index is 13.5. The Labute approximate surface area is 117 Å². The molecule has 0 aliphatic carbocycles. The lowest BCUT2D eigenvalue weighted by Crippen LogP contribution is -1.96. The van der Waals surface area contributed by atoms with Crippen molar-refractivity contribution in [2.45, 2.75) is 6.92 Å². The highest BCUT2D eigenvalue weighted by Gasteiger charge is 2.11. The molecule has 0 bridgehead atoms. The summed E-state index contributed by atoms with van der Waals surface area (Å²) in [5.74, 6) is -2.24. The molecule has 20 heavy (non-hydrogen) atoms. The van der Waals surface area contributed by atoms with Crippen LogP contribution in [0.25, 0.3) is 16.7 Å². The third-order valence-corrected chi connectivity index (χ3v) is 3.41. The second-order valence-electron chi connectivity index (χ2n) is 4.48. The van der Waals surface area contributed by atoms with Gasteiger partial charge in [-0.05, 0) is 49.0 Å². The monoisotopic (exact) mass is 294 g/mol. The van der Waals surface area contributed by atoms with Crippen molar-refractivity contribution >= 4 is 23.3 Å². The quantitative estimate of drug-likeness (QED) is 0.659. The van der Waals surface area contributed by atoms with Crippen LogP contribution in [0.3, 0.4) is 0 Å². The van der Waals surface area contributed by atoms with Crippen molar-refractivity contribution in [3.63, 3.8) is 0 Å². The summed E-state index contributed by atoms with van der Waals surface area (Å²) in [5.41, 5.74) is 1.94. The number of aromatic nitrogens is 2. The van der Waals surface area contributed by atoms with E-state index in [4.69, 9.17) is 12.2 Å². The normalized spacial score (nSPS) is 11.2. The van der Waals surface area contributed by atoms with E-state index in [-0.39, 0.29) is 10.6 Å². The van der Waals surface area contributed by atoms with Crippen LogP contribution in [0.5, 0.6) is 0 Å². The zero-order chi connectivity index (χ0) is 14.4. The Morgan fingerprint density at radius 3 is 2.45 bits per heavy atom. The van der Waals surface area contributed by atoms with Crippen molar-refractivity contribution in [2.75, 3.05) is 0 Å². The van der Waals surface area contributed by atoms with Crippen LogP contribution in [-0.2, 0) is 0 Å². The summed E-state index contributed by atoms with van der Waals surface area (Å²) < 4.78 is 41.7. The Kier molecular flexibility index (Phi) is 2.90. The summed E-state index contributed by atoms with van der Waals surface area (Å²) >= 11 is 5.17. The fourth-order valence-electron chi connectivity index (χ4n) is 2.11. The molecule has 102 valence electrons. The third-order valence-electron chi connectivity index (χ3n) is 3.12. The molecule has 6 heteroatoms. The highest BCUT2D eigenvalue weighted by Crippen LogP contribution is 2.23. The van der Waals surface area contributed by atoms with E-state index >= 15 is 0 Å². The Bertz CT molecular complexity index is 880. The maximum atomic E-state index is 13.5. The molecule has 3 aromatic rings. The molecule has 2 aromatic carbocycles. The number of aromatic amines is 1. The standard InChI is InChI=1S/C14H9F3N2S/c1-7-4-13-12(6-10(7)16)18-14(20)19(13)8-2-3-9(15)11(17)5-8/h2-6H,1H3,(H,18,20). The van der Waals surface area contributed by atoms with Gasteiger partial charge in [0, 0.05) is 6.07 Å². The molecule has 0 atom stereocenters. The lowest BCUT2D eigenvalue weighted by atomic mass is 10.2. The Balaban J connectivity index is 2.35. The number of benzene rings is 2.